The number of benzene rings is 2. The second-order valence-corrected chi connectivity index (χ2v) is 5.18. The molecule has 2 aromatic carbocycles. The van der Waals surface area contributed by atoms with E-state index in [2.05, 4.69) is 10.6 Å². The summed E-state index contributed by atoms with van der Waals surface area (Å²) < 4.78 is 0. The van der Waals surface area contributed by atoms with Crippen LogP contribution in [0.3, 0.4) is 0 Å². The van der Waals surface area contributed by atoms with Gasteiger partial charge in [0.2, 0.25) is 5.91 Å². The van der Waals surface area contributed by atoms with Crippen LogP contribution in [-0.4, -0.2) is 11.8 Å². The summed E-state index contributed by atoms with van der Waals surface area (Å²) in [6, 6.07) is 12.7. The topological polar surface area (TPSA) is 58.2 Å². The molecule has 2 amide bonds. The van der Waals surface area contributed by atoms with Crippen molar-refractivity contribution in [3.63, 3.8) is 0 Å². The molecule has 0 heterocycles. The molecule has 0 unspecified atom stereocenters. The lowest BCUT2D eigenvalue weighted by atomic mass is 10.1. The maximum absolute atomic E-state index is 12.4. The van der Waals surface area contributed by atoms with E-state index in [4.69, 9.17) is 0 Å². The van der Waals surface area contributed by atoms with Crippen LogP contribution in [0, 0.1) is 13.8 Å². The number of carbonyl (C=O) groups is 2. The van der Waals surface area contributed by atoms with E-state index in [1.54, 1.807) is 31.2 Å². The fraction of sp³-hybridized carbons (Fsp3) is 0.222. The molecular formula is C18H20N2O2. The van der Waals surface area contributed by atoms with Gasteiger partial charge in [0, 0.05) is 23.4 Å². The molecule has 2 rings (SSSR count). The van der Waals surface area contributed by atoms with E-state index in [0.29, 0.717) is 17.7 Å². The molecule has 0 aliphatic carbocycles. The highest BCUT2D eigenvalue weighted by molar-refractivity contribution is 6.05. The average Bonchev–Trinajstić information content (AvgIpc) is 2.52. The molecule has 2 aromatic rings. The molecule has 0 aliphatic rings. The van der Waals surface area contributed by atoms with Gasteiger partial charge in [0.05, 0.1) is 0 Å². The van der Waals surface area contributed by atoms with Crippen molar-refractivity contribution < 1.29 is 9.59 Å². The maximum atomic E-state index is 12.4. The third-order valence-electron chi connectivity index (χ3n) is 3.58. The standard InChI is InChI=1S/C18H20N2O2/c1-4-17(21)19-15-9-6-8-14(11-15)18(22)20-16-10-5-7-12(2)13(16)3/h5-11H,4H2,1-3H3,(H,19,21)(H,20,22). The molecule has 0 aromatic heterocycles. The molecule has 0 spiro atoms. The van der Waals surface area contributed by atoms with Gasteiger partial charge in [0.15, 0.2) is 0 Å². The molecule has 0 fully saturated rings. The molecule has 4 heteroatoms. The Balaban J connectivity index is 2.17. The van der Waals surface area contributed by atoms with Crippen molar-refractivity contribution in [1.29, 1.82) is 0 Å². The van der Waals surface area contributed by atoms with Crippen molar-refractivity contribution in [1.82, 2.24) is 0 Å². The number of amides is 2. The van der Waals surface area contributed by atoms with Crippen molar-refractivity contribution in [2.45, 2.75) is 27.2 Å². The van der Waals surface area contributed by atoms with Gasteiger partial charge in [-0.25, -0.2) is 0 Å². The molecule has 2 N–H and O–H groups in total. The molecule has 4 nitrogen and oxygen atoms in total. The third-order valence-corrected chi connectivity index (χ3v) is 3.58. The van der Waals surface area contributed by atoms with Crippen molar-refractivity contribution in [3.05, 3.63) is 59.2 Å². The molecule has 0 radical (unpaired) electrons. The Morgan fingerprint density at radius 2 is 1.73 bits per heavy atom. The second kappa shape index (κ2) is 6.89. The zero-order chi connectivity index (χ0) is 16.1. The van der Waals surface area contributed by atoms with Crippen LogP contribution in [0.25, 0.3) is 0 Å². The Kier molecular flexibility index (Phi) is 4.94. The summed E-state index contributed by atoms with van der Waals surface area (Å²) in [7, 11) is 0. The van der Waals surface area contributed by atoms with Crippen LogP contribution in [0.15, 0.2) is 42.5 Å². The highest BCUT2D eigenvalue weighted by Crippen LogP contribution is 2.19. The Hall–Kier alpha value is -2.62. The molecule has 22 heavy (non-hydrogen) atoms. The van der Waals surface area contributed by atoms with Crippen LogP contribution < -0.4 is 10.6 Å². The van der Waals surface area contributed by atoms with Gasteiger partial charge >= 0.3 is 0 Å². The lowest BCUT2D eigenvalue weighted by molar-refractivity contribution is -0.115. The zero-order valence-electron chi connectivity index (χ0n) is 13.1. The monoisotopic (exact) mass is 296 g/mol. The summed E-state index contributed by atoms with van der Waals surface area (Å²) in [6.45, 7) is 5.77. The number of hydrogen-bond acceptors (Lipinski definition) is 2. The second-order valence-electron chi connectivity index (χ2n) is 5.18. The van der Waals surface area contributed by atoms with Crippen LogP contribution >= 0.6 is 0 Å². The third kappa shape index (κ3) is 3.73. The maximum Gasteiger partial charge on any atom is 0.255 e. The number of aryl methyl sites for hydroxylation is 1. The van der Waals surface area contributed by atoms with Crippen LogP contribution in [0.4, 0.5) is 11.4 Å². The van der Waals surface area contributed by atoms with Crippen molar-refractivity contribution >= 4 is 23.2 Å². The van der Waals surface area contributed by atoms with Gasteiger partial charge in [-0.3, -0.25) is 9.59 Å². The van der Waals surface area contributed by atoms with Gasteiger partial charge in [-0.05, 0) is 49.2 Å². The van der Waals surface area contributed by atoms with Gasteiger partial charge in [-0.15, -0.1) is 0 Å². The summed E-state index contributed by atoms with van der Waals surface area (Å²) in [5.74, 6) is -0.270. The zero-order valence-corrected chi connectivity index (χ0v) is 13.1. The van der Waals surface area contributed by atoms with Gasteiger partial charge in [0.1, 0.15) is 0 Å². The van der Waals surface area contributed by atoms with Crippen LogP contribution in [0.1, 0.15) is 34.8 Å². The first-order valence-electron chi connectivity index (χ1n) is 7.28. The Labute approximate surface area is 130 Å². The average molecular weight is 296 g/mol. The van der Waals surface area contributed by atoms with E-state index in [9.17, 15) is 9.59 Å². The molecule has 0 saturated heterocycles. The first kappa shape index (κ1) is 15.8. The molecule has 0 aliphatic heterocycles. The SMILES string of the molecule is CCC(=O)Nc1cccc(C(=O)Nc2cccc(C)c2C)c1. The minimum atomic E-state index is -0.193. The van der Waals surface area contributed by atoms with Gasteiger partial charge in [-0.2, -0.15) is 0 Å². The molecule has 0 bridgehead atoms. The van der Waals surface area contributed by atoms with E-state index in [1.807, 2.05) is 32.0 Å². The van der Waals surface area contributed by atoms with Crippen molar-refractivity contribution in [2.75, 3.05) is 10.6 Å². The van der Waals surface area contributed by atoms with Crippen LogP contribution in [0.5, 0.6) is 0 Å². The van der Waals surface area contributed by atoms with E-state index >= 15 is 0 Å². The van der Waals surface area contributed by atoms with Crippen LogP contribution in [-0.2, 0) is 4.79 Å². The van der Waals surface area contributed by atoms with E-state index < -0.39 is 0 Å². The molecule has 0 saturated carbocycles. The molecule has 114 valence electrons. The summed E-state index contributed by atoms with van der Waals surface area (Å²) in [5, 5.41) is 5.66. The number of hydrogen-bond donors (Lipinski definition) is 2. The first-order valence-corrected chi connectivity index (χ1v) is 7.28. The summed E-state index contributed by atoms with van der Waals surface area (Å²) in [5.41, 5.74) is 4.11. The smallest absolute Gasteiger partial charge is 0.255 e. The number of rotatable bonds is 4. The normalized spacial score (nSPS) is 10.1. The minimum Gasteiger partial charge on any atom is -0.326 e. The fourth-order valence-corrected chi connectivity index (χ4v) is 2.07. The highest BCUT2D eigenvalue weighted by Gasteiger charge is 2.09. The van der Waals surface area contributed by atoms with Crippen molar-refractivity contribution in [2.24, 2.45) is 0 Å². The predicted octanol–water partition coefficient (Wildman–Crippen LogP) is 3.90. The van der Waals surface area contributed by atoms with Gasteiger partial charge < -0.3 is 10.6 Å². The highest BCUT2D eigenvalue weighted by atomic mass is 16.2. The summed E-state index contributed by atoms with van der Waals surface area (Å²) >= 11 is 0. The van der Waals surface area contributed by atoms with E-state index in [1.165, 1.54) is 0 Å². The first-order chi connectivity index (χ1) is 10.5. The Morgan fingerprint density at radius 1 is 1.00 bits per heavy atom. The van der Waals surface area contributed by atoms with Gasteiger partial charge in [0.25, 0.3) is 5.91 Å². The van der Waals surface area contributed by atoms with E-state index in [0.717, 1.165) is 16.8 Å². The largest absolute Gasteiger partial charge is 0.326 e. The fourth-order valence-electron chi connectivity index (χ4n) is 2.07. The Morgan fingerprint density at radius 3 is 2.45 bits per heavy atom. The lowest BCUT2D eigenvalue weighted by Crippen LogP contribution is -2.14. The number of carbonyl (C=O) groups excluding carboxylic acids is 2. The predicted molar refractivity (Wildman–Crippen MR) is 89.2 cm³/mol. The van der Waals surface area contributed by atoms with E-state index in [-0.39, 0.29) is 11.8 Å². The van der Waals surface area contributed by atoms with Crippen LogP contribution in [0.2, 0.25) is 0 Å². The quantitative estimate of drug-likeness (QED) is 0.899. The summed E-state index contributed by atoms with van der Waals surface area (Å²) in [4.78, 5) is 23.8. The number of nitrogens with one attached hydrogen (secondary N) is 2. The molecule has 0 atom stereocenters. The number of anilines is 2. The lowest BCUT2D eigenvalue weighted by Gasteiger charge is -2.11. The molecular weight excluding hydrogens is 276 g/mol. The Bertz CT molecular complexity index is 708. The summed E-state index contributed by atoms with van der Waals surface area (Å²) in [6.07, 6.45) is 0.402. The van der Waals surface area contributed by atoms with Crippen molar-refractivity contribution in [3.8, 4) is 0 Å². The minimum absolute atomic E-state index is 0.0768. The van der Waals surface area contributed by atoms with Gasteiger partial charge in [-0.1, -0.05) is 25.1 Å².